The van der Waals surface area contributed by atoms with Crippen molar-refractivity contribution in [1.82, 2.24) is 0 Å². The Balaban J connectivity index is 2.30. The topological polar surface area (TPSA) is 68.3 Å². The molecule has 1 aromatic rings. The third-order valence-corrected chi connectivity index (χ3v) is 2.17. The van der Waals surface area contributed by atoms with Gasteiger partial charge in [0, 0.05) is 6.42 Å². The highest BCUT2D eigenvalue weighted by molar-refractivity contribution is 5.76. The SMILES string of the molecule is N=C(N)CCCCOc1ccc(OC(F)(F)F)cc1. The molecule has 19 heavy (non-hydrogen) atoms. The summed E-state index contributed by atoms with van der Waals surface area (Å²) in [5.74, 6) is 0.322. The van der Waals surface area contributed by atoms with Crippen LogP contribution in [0.15, 0.2) is 24.3 Å². The minimum Gasteiger partial charge on any atom is -0.494 e. The minimum atomic E-state index is -4.69. The quantitative estimate of drug-likeness (QED) is 0.457. The Labute approximate surface area is 108 Å². The van der Waals surface area contributed by atoms with E-state index in [-0.39, 0.29) is 11.6 Å². The number of rotatable bonds is 7. The number of nitrogens with one attached hydrogen (secondary N) is 1. The summed E-state index contributed by atoms with van der Waals surface area (Å²) in [4.78, 5) is 0. The summed E-state index contributed by atoms with van der Waals surface area (Å²) in [6.45, 7) is 0.423. The van der Waals surface area contributed by atoms with Crippen LogP contribution in [0.25, 0.3) is 0 Å². The van der Waals surface area contributed by atoms with E-state index in [1.165, 1.54) is 24.3 Å². The van der Waals surface area contributed by atoms with Crippen LogP contribution < -0.4 is 15.2 Å². The zero-order chi connectivity index (χ0) is 14.3. The second kappa shape index (κ2) is 6.86. The summed E-state index contributed by atoms with van der Waals surface area (Å²) < 4.78 is 44.8. The fraction of sp³-hybridized carbons (Fsp3) is 0.417. The summed E-state index contributed by atoms with van der Waals surface area (Å²) in [5.41, 5.74) is 5.19. The first-order valence-corrected chi connectivity index (χ1v) is 5.68. The summed E-state index contributed by atoms with van der Waals surface area (Å²) in [6.07, 6.45) is -2.71. The molecule has 3 N–H and O–H groups in total. The van der Waals surface area contributed by atoms with Crippen molar-refractivity contribution in [2.75, 3.05) is 6.61 Å². The van der Waals surface area contributed by atoms with Crippen LogP contribution >= 0.6 is 0 Å². The van der Waals surface area contributed by atoms with Crippen molar-refractivity contribution in [2.45, 2.75) is 25.6 Å². The van der Waals surface area contributed by atoms with E-state index in [1.807, 2.05) is 0 Å². The molecule has 0 heterocycles. The van der Waals surface area contributed by atoms with E-state index in [0.29, 0.717) is 18.8 Å². The Hall–Kier alpha value is -1.92. The van der Waals surface area contributed by atoms with Crippen molar-refractivity contribution in [1.29, 1.82) is 5.41 Å². The molecular formula is C12H15F3N2O2. The van der Waals surface area contributed by atoms with E-state index in [4.69, 9.17) is 15.9 Å². The fourth-order valence-corrected chi connectivity index (χ4v) is 1.35. The lowest BCUT2D eigenvalue weighted by Gasteiger charge is -2.10. The second-order valence-electron chi connectivity index (χ2n) is 3.85. The largest absolute Gasteiger partial charge is 0.573 e. The highest BCUT2D eigenvalue weighted by Crippen LogP contribution is 2.24. The van der Waals surface area contributed by atoms with Crippen molar-refractivity contribution in [3.8, 4) is 11.5 Å². The molecule has 4 nitrogen and oxygen atoms in total. The third kappa shape index (κ3) is 7.17. The molecule has 106 valence electrons. The number of amidine groups is 1. The molecule has 0 unspecified atom stereocenters. The number of nitrogens with two attached hydrogens (primary N) is 1. The average Bonchev–Trinajstić information content (AvgIpc) is 2.28. The molecule has 0 spiro atoms. The van der Waals surface area contributed by atoms with Gasteiger partial charge in [0.15, 0.2) is 0 Å². The van der Waals surface area contributed by atoms with Gasteiger partial charge in [0.25, 0.3) is 0 Å². The lowest BCUT2D eigenvalue weighted by molar-refractivity contribution is -0.274. The van der Waals surface area contributed by atoms with Gasteiger partial charge in [-0.2, -0.15) is 0 Å². The Morgan fingerprint density at radius 3 is 2.21 bits per heavy atom. The van der Waals surface area contributed by atoms with E-state index >= 15 is 0 Å². The van der Waals surface area contributed by atoms with Crippen molar-refractivity contribution < 1.29 is 22.6 Å². The Morgan fingerprint density at radius 1 is 1.11 bits per heavy atom. The number of alkyl halides is 3. The molecule has 0 saturated heterocycles. The van der Waals surface area contributed by atoms with Crippen LogP contribution in [-0.2, 0) is 0 Å². The van der Waals surface area contributed by atoms with Crippen LogP contribution in [0.3, 0.4) is 0 Å². The van der Waals surface area contributed by atoms with Gasteiger partial charge in [-0.15, -0.1) is 13.2 Å². The summed E-state index contributed by atoms with van der Waals surface area (Å²) in [7, 11) is 0. The monoisotopic (exact) mass is 276 g/mol. The first-order valence-electron chi connectivity index (χ1n) is 5.68. The predicted octanol–water partition coefficient (Wildman–Crippen LogP) is 3.07. The molecule has 0 aliphatic heterocycles. The lowest BCUT2D eigenvalue weighted by atomic mass is 10.2. The Kier molecular flexibility index (Phi) is 5.47. The van der Waals surface area contributed by atoms with Gasteiger partial charge in [0.2, 0.25) is 0 Å². The number of ether oxygens (including phenoxy) is 2. The lowest BCUT2D eigenvalue weighted by Crippen LogP contribution is -2.16. The molecule has 0 aliphatic rings. The molecule has 0 aromatic heterocycles. The van der Waals surface area contributed by atoms with Gasteiger partial charge >= 0.3 is 6.36 Å². The molecule has 7 heteroatoms. The number of benzene rings is 1. The molecule has 0 saturated carbocycles. The third-order valence-electron chi connectivity index (χ3n) is 2.17. The van der Waals surface area contributed by atoms with Crippen LogP contribution in [0.4, 0.5) is 13.2 Å². The van der Waals surface area contributed by atoms with Crippen molar-refractivity contribution in [3.63, 3.8) is 0 Å². The van der Waals surface area contributed by atoms with Gasteiger partial charge in [-0.05, 0) is 37.1 Å². The average molecular weight is 276 g/mol. The normalized spacial score (nSPS) is 11.1. The maximum absolute atomic E-state index is 11.9. The second-order valence-corrected chi connectivity index (χ2v) is 3.85. The summed E-state index contributed by atoms with van der Waals surface area (Å²) in [6, 6.07) is 5.20. The number of halogens is 3. The molecule has 0 radical (unpaired) electrons. The van der Waals surface area contributed by atoms with E-state index in [0.717, 1.165) is 12.8 Å². The van der Waals surface area contributed by atoms with Crippen molar-refractivity contribution in [3.05, 3.63) is 24.3 Å². The molecule has 0 atom stereocenters. The van der Waals surface area contributed by atoms with Crippen LogP contribution in [0, 0.1) is 5.41 Å². The van der Waals surface area contributed by atoms with Crippen LogP contribution in [-0.4, -0.2) is 18.8 Å². The smallest absolute Gasteiger partial charge is 0.494 e. The molecule has 0 aliphatic carbocycles. The Morgan fingerprint density at radius 2 is 1.68 bits per heavy atom. The van der Waals surface area contributed by atoms with Gasteiger partial charge in [0.1, 0.15) is 11.5 Å². The zero-order valence-electron chi connectivity index (χ0n) is 10.2. The number of hydrogen-bond donors (Lipinski definition) is 2. The number of hydrogen-bond acceptors (Lipinski definition) is 3. The minimum absolute atomic E-state index is 0.133. The van der Waals surface area contributed by atoms with Crippen LogP contribution in [0.2, 0.25) is 0 Å². The van der Waals surface area contributed by atoms with Gasteiger partial charge in [-0.25, -0.2) is 0 Å². The number of unbranched alkanes of at least 4 members (excludes halogenated alkanes) is 1. The van der Waals surface area contributed by atoms with Crippen molar-refractivity contribution in [2.24, 2.45) is 5.73 Å². The van der Waals surface area contributed by atoms with Gasteiger partial charge in [-0.3, -0.25) is 5.41 Å². The fourth-order valence-electron chi connectivity index (χ4n) is 1.35. The molecule has 1 rings (SSSR count). The van der Waals surface area contributed by atoms with Gasteiger partial charge < -0.3 is 15.2 Å². The van der Waals surface area contributed by atoms with Gasteiger partial charge in [-0.1, -0.05) is 0 Å². The van der Waals surface area contributed by atoms with Crippen molar-refractivity contribution >= 4 is 5.84 Å². The Bertz CT molecular complexity index is 404. The van der Waals surface area contributed by atoms with Crippen LogP contribution in [0.5, 0.6) is 11.5 Å². The maximum Gasteiger partial charge on any atom is 0.573 e. The highest BCUT2D eigenvalue weighted by atomic mass is 19.4. The first-order chi connectivity index (χ1) is 8.87. The molecule has 0 amide bonds. The highest BCUT2D eigenvalue weighted by Gasteiger charge is 2.30. The van der Waals surface area contributed by atoms with E-state index in [1.54, 1.807) is 0 Å². The molecule has 1 aromatic carbocycles. The summed E-state index contributed by atoms with van der Waals surface area (Å²) >= 11 is 0. The molecule has 0 fully saturated rings. The first kappa shape index (κ1) is 15.1. The molecule has 0 bridgehead atoms. The molecular weight excluding hydrogens is 261 g/mol. The van der Waals surface area contributed by atoms with E-state index < -0.39 is 6.36 Å². The van der Waals surface area contributed by atoms with Crippen LogP contribution in [0.1, 0.15) is 19.3 Å². The van der Waals surface area contributed by atoms with E-state index in [2.05, 4.69) is 4.74 Å². The predicted molar refractivity (Wildman–Crippen MR) is 64.4 cm³/mol. The van der Waals surface area contributed by atoms with Gasteiger partial charge in [0.05, 0.1) is 12.4 Å². The standard InChI is InChI=1S/C12H15F3N2O2/c13-12(14,15)19-10-6-4-9(5-7-10)18-8-2-1-3-11(16)17/h4-7H,1-3,8H2,(H3,16,17). The van der Waals surface area contributed by atoms with E-state index in [9.17, 15) is 13.2 Å². The summed E-state index contributed by atoms with van der Waals surface area (Å²) in [5, 5.41) is 7.02. The zero-order valence-corrected chi connectivity index (χ0v) is 10.2. The maximum atomic E-state index is 11.9.